The smallest absolute Gasteiger partial charge is 0.424 e. The van der Waals surface area contributed by atoms with E-state index in [0.29, 0.717) is 6.61 Å². The predicted octanol–water partition coefficient (Wildman–Crippen LogP) is 3.52. The fraction of sp³-hybridized carbons (Fsp3) is 0.350. The highest BCUT2D eigenvalue weighted by molar-refractivity contribution is 7.99. The number of thioether (sulfide) groups is 1. The van der Waals surface area contributed by atoms with E-state index in [1.165, 1.54) is 11.8 Å². The average molecular weight is 386 g/mol. The largest absolute Gasteiger partial charge is 0.509 e. The Balaban J connectivity index is 1.37. The van der Waals surface area contributed by atoms with E-state index < -0.39 is 30.8 Å². The molecule has 2 aromatic carbocycles. The molecule has 0 aromatic heterocycles. The molecule has 0 bridgehead atoms. The second-order valence-corrected chi connectivity index (χ2v) is 7.74. The monoisotopic (exact) mass is 386 g/mol. The van der Waals surface area contributed by atoms with Crippen LogP contribution in [0.1, 0.15) is 11.9 Å². The van der Waals surface area contributed by atoms with Gasteiger partial charge in [0.2, 0.25) is 0 Å². The number of hydrogen-bond donors (Lipinski definition) is 0. The first-order valence-corrected chi connectivity index (χ1v) is 9.72. The van der Waals surface area contributed by atoms with Crippen molar-refractivity contribution < 1.29 is 28.5 Å². The van der Waals surface area contributed by atoms with Gasteiger partial charge in [-0.25, -0.2) is 4.79 Å². The molecular weight excluding hydrogens is 368 g/mol. The summed E-state index contributed by atoms with van der Waals surface area (Å²) in [5.74, 6) is 0. The Hall–Kier alpha value is -2.06. The normalized spacial score (nSPS) is 34.9. The van der Waals surface area contributed by atoms with Crippen LogP contribution in [0.15, 0.2) is 65.6 Å². The first-order valence-electron chi connectivity index (χ1n) is 8.84. The zero-order valence-electron chi connectivity index (χ0n) is 14.3. The number of carbonyl (C=O) groups is 1. The Labute approximate surface area is 160 Å². The van der Waals surface area contributed by atoms with Crippen molar-refractivity contribution in [3.63, 3.8) is 0 Å². The Kier molecular flexibility index (Phi) is 4.53. The molecule has 0 aliphatic carbocycles. The van der Waals surface area contributed by atoms with Crippen LogP contribution in [0.2, 0.25) is 0 Å². The van der Waals surface area contributed by atoms with Crippen LogP contribution in [0.4, 0.5) is 4.79 Å². The highest BCUT2D eigenvalue weighted by atomic mass is 32.2. The standard InChI is InChI=1S/C20H18O6S/c21-20-25-16-15-14(11-22-18(24-15)12-7-3-1-4-8-12)23-19(17(16)26-20)27-13-9-5-2-6-10-13/h1-10,14-19H,11H2/t14?,15-,16+,17?,18?,19-/m1/s1. The lowest BCUT2D eigenvalue weighted by Gasteiger charge is -2.45. The third-order valence-electron chi connectivity index (χ3n) is 4.82. The molecule has 0 N–H and O–H groups in total. The van der Waals surface area contributed by atoms with Gasteiger partial charge in [-0.15, -0.1) is 0 Å². The molecule has 3 aliphatic rings. The summed E-state index contributed by atoms with van der Waals surface area (Å²) in [4.78, 5) is 12.9. The summed E-state index contributed by atoms with van der Waals surface area (Å²) in [6.45, 7) is 0.358. The van der Waals surface area contributed by atoms with Crippen LogP contribution in [-0.4, -0.2) is 42.6 Å². The topological polar surface area (TPSA) is 63.2 Å². The van der Waals surface area contributed by atoms with Crippen LogP contribution in [0.25, 0.3) is 0 Å². The number of fused-ring (bicyclic) bond motifs is 3. The van der Waals surface area contributed by atoms with Gasteiger partial charge in [0, 0.05) is 10.5 Å². The van der Waals surface area contributed by atoms with Crippen molar-refractivity contribution in [2.45, 2.75) is 41.0 Å². The minimum Gasteiger partial charge on any atom is -0.424 e. The highest BCUT2D eigenvalue weighted by Gasteiger charge is 2.57. The molecule has 140 valence electrons. The van der Waals surface area contributed by atoms with Crippen LogP contribution < -0.4 is 0 Å². The van der Waals surface area contributed by atoms with Gasteiger partial charge in [-0.05, 0) is 12.1 Å². The summed E-state index contributed by atoms with van der Waals surface area (Å²) >= 11 is 1.51. The molecule has 6 nitrogen and oxygen atoms in total. The van der Waals surface area contributed by atoms with Gasteiger partial charge in [0.1, 0.15) is 17.6 Å². The van der Waals surface area contributed by atoms with E-state index in [0.717, 1.165) is 10.5 Å². The minimum absolute atomic E-state index is 0.332. The SMILES string of the molecule is O=C1OC2[C@@H](Sc3ccccc3)OC3COC(c4ccccc4)O[C@H]3[C@@H]2O1. The van der Waals surface area contributed by atoms with Crippen LogP contribution in [0.5, 0.6) is 0 Å². The van der Waals surface area contributed by atoms with E-state index in [-0.39, 0.29) is 11.5 Å². The molecule has 3 heterocycles. The zero-order chi connectivity index (χ0) is 18.2. The molecule has 0 saturated carbocycles. The third kappa shape index (κ3) is 3.32. The Bertz CT molecular complexity index is 801. The van der Waals surface area contributed by atoms with Crippen LogP contribution in [0.3, 0.4) is 0 Å². The van der Waals surface area contributed by atoms with Gasteiger partial charge in [0.05, 0.1) is 6.61 Å². The van der Waals surface area contributed by atoms with E-state index in [1.807, 2.05) is 60.7 Å². The maximum absolute atomic E-state index is 11.8. The molecule has 7 heteroatoms. The molecule has 27 heavy (non-hydrogen) atoms. The van der Waals surface area contributed by atoms with Crippen molar-refractivity contribution in [3.05, 3.63) is 66.2 Å². The van der Waals surface area contributed by atoms with Crippen molar-refractivity contribution in [3.8, 4) is 0 Å². The van der Waals surface area contributed by atoms with Gasteiger partial charge in [0.25, 0.3) is 0 Å². The molecule has 6 atom stereocenters. The Morgan fingerprint density at radius 1 is 0.815 bits per heavy atom. The molecule has 2 aromatic rings. The van der Waals surface area contributed by atoms with Crippen molar-refractivity contribution in [1.29, 1.82) is 0 Å². The van der Waals surface area contributed by atoms with Crippen LogP contribution >= 0.6 is 11.8 Å². The number of ether oxygens (including phenoxy) is 5. The molecule has 3 saturated heterocycles. The highest BCUT2D eigenvalue weighted by Crippen LogP contribution is 2.43. The van der Waals surface area contributed by atoms with Gasteiger partial charge in [0.15, 0.2) is 18.5 Å². The third-order valence-corrected chi connectivity index (χ3v) is 5.97. The van der Waals surface area contributed by atoms with Gasteiger partial charge in [-0.2, -0.15) is 0 Å². The Morgan fingerprint density at radius 2 is 1.52 bits per heavy atom. The van der Waals surface area contributed by atoms with Gasteiger partial charge < -0.3 is 23.7 Å². The molecule has 3 unspecified atom stereocenters. The molecule has 0 spiro atoms. The summed E-state index contributed by atoms with van der Waals surface area (Å²) in [6, 6.07) is 19.5. The van der Waals surface area contributed by atoms with E-state index in [9.17, 15) is 4.79 Å². The number of carbonyl (C=O) groups excluding carboxylic acids is 1. The van der Waals surface area contributed by atoms with Gasteiger partial charge >= 0.3 is 6.16 Å². The molecule has 0 amide bonds. The van der Waals surface area contributed by atoms with Crippen molar-refractivity contribution in [2.75, 3.05) is 6.61 Å². The predicted molar refractivity (Wildman–Crippen MR) is 96.1 cm³/mol. The van der Waals surface area contributed by atoms with Gasteiger partial charge in [-0.1, -0.05) is 60.3 Å². The molecular formula is C20H18O6S. The second kappa shape index (κ2) is 7.16. The van der Waals surface area contributed by atoms with E-state index >= 15 is 0 Å². The van der Waals surface area contributed by atoms with E-state index in [4.69, 9.17) is 23.7 Å². The fourth-order valence-electron chi connectivity index (χ4n) is 3.56. The molecule has 3 aliphatic heterocycles. The lowest BCUT2D eigenvalue weighted by Crippen LogP contribution is -2.59. The van der Waals surface area contributed by atoms with Crippen LogP contribution in [0, 0.1) is 0 Å². The quantitative estimate of drug-likeness (QED) is 0.748. The zero-order valence-corrected chi connectivity index (χ0v) is 15.1. The van der Waals surface area contributed by atoms with Crippen molar-refractivity contribution in [1.82, 2.24) is 0 Å². The summed E-state index contributed by atoms with van der Waals surface area (Å²) in [7, 11) is 0. The molecule has 5 rings (SSSR count). The Morgan fingerprint density at radius 3 is 2.30 bits per heavy atom. The minimum atomic E-state index is -0.681. The van der Waals surface area contributed by atoms with Crippen molar-refractivity contribution in [2.24, 2.45) is 0 Å². The summed E-state index contributed by atoms with van der Waals surface area (Å²) in [5, 5.41) is 0. The second-order valence-electron chi connectivity index (χ2n) is 6.57. The summed E-state index contributed by atoms with van der Waals surface area (Å²) < 4.78 is 29.1. The first-order chi connectivity index (χ1) is 13.3. The van der Waals surface area contributed by atoms with Crippen molar-refractivity contribution >= 4 is 17.9 Å². The summed E-state index contributed by atoms with van der Waals surface area (Å²) in [5.41, 5.74) is 0.532. The van der Waals surface area contributed by atoms with Crippen LogP contribution in [-0.2, 0) is 23.7 Å². The summed E-state index contributed by atoms with van der Waals surface area (Å²) in [6.07, 6.45) is -3.02. The maximum atomic E-state index is 11.8. The van der Waals surface area contributed by atoms with Gasteiger partial charge in [-0.3, -0.25) is 0 Å². The lowest BCUT2D eigenvalue weighted by molar-refractivity contribution is -0.305. The molecule has 3 fully saturated rings. The molecule has 0 radical (unpaired) electrons. The fourth-order valence-corrected chi connectivity index (χ4v) is 4.69. The number of benzene rings is 2. The maximum Gasteiger partial charge on any atom is 0.509 e. The lowest BCUT2D eigenvalue weighted by atomic mass is 9.99. The number of hydrogen-bond acceptors (Lipinski definition) is 7. The van der Waals surface area contributed by atoms with E-state index in [2.05, 4.69) is 0 Å². The first kappa shape index (κ1) is 17.1. The average Bonchev–Trinajstić information content (AvgIpc) is 3.11. The van der Waals surface area contributed by atoms with E-state index in [1.54, 1.807) is 0 Å². The number of rotatable bonds is 3.